The van der Waals surface area contributed by atoms with Gasteiger partial charge in [-0.15, -0.1) is 5.10 Å². The predicted molar refractivity (Wildman–Crippen MR) is 119 cm³/mol. The van der Waals surface area contributed by atoms with E-state index in [2.05, 4.69) is 10.3 Å². The Kier molecular flexibility index (Phi) is 6.41. The first kappa shape index (κ1) is 23.5. The van der Waals surface area contributed by atoms with Gasteiger partial charge in [-0.1, -0.05) is 44.2 Å². The predicted octanol–water partition coefficient (Wildman–Crippen LogP) is 3.43. The first-order valence-corrected chi connectivity index (χ1v) is 11.5. The highest BCUT2D eigenvalue weighted by Gasteiger charge is 2.30. The van der Waals surface area contributed by atoms with Crippen molar-refractivity contribution in [3.8, 4) is 11.4 Å². The van der Waals surface area contributed by atoms with Crippen molar-refractivity contribution < 1.29 is 22.7 Å². The lowest BCUT2D eigenvalue weighted by Gasteiger charge is -2.19. The van der Waals surface area contributed by atoms with Crippen molar-refractivity contribution in [2.45, 2.75) is 49.5 Å². The minimum atomic E-state index is -4.05. The van der Waals surface area contributed by atoms with Crippen LogP contribution in [0.1, 0.15) is 37.6 Å². The summed E-state index contributed by atoms with van der Waals surface area (Å²) in [6.45, 7) is 8.03. The fourth-order valence-corrected chi connectivity index (χ4v) is 4.59. The molecule has 0 aliphatic carbocycles. The van der Waals surface area contributed by atoms with Crippen LogP contribution in [0.5, 0.6) is 5.75 Å². The van der Waals surface area contributed by atoms with Crippen LogP contribution in [0.15, 0.2) is 52.4 Å². The molecule has 3 aromatic rings. The summed E-state index contributed by atoms with van der Waals surface area (Å²) in [7, 11) is -1.31. The normalized spacial score (nSPS) is 11.9. The highest BCUT2D eigenvalue weighted by atomic mass is 32.2. The Labute approximate surface area is 188 Å². The maximum atomic E-state index is 13.5. The van der Waals surface area contributed by atoms with E-state index in [0.29, 0.717) is 11.4 Å². The van der Waals surface area contributed by atoms with Crippen LogP contribution in [0.2, 0.25) is 0 Å². The van der Waals surface area contributed by atoms with E-state index in [-0.39, 0.29) is 27.5 Å². The number of carbonyl (C=O) groups excluding carboxylic acids is 1. The summed E-state index contributed by atoms with van der Waals surface area (Å²) in [5.74, 6) is -0.148. The summed E-state index contributed by atoms with van der Waals surface area (Å²) in [5.41, 5.74) is 2.36. The minimum absolute atomic E-state index is 0.0693. The van der Waals surface area contributed by atoms with Crippen LogP contribution in [-0.2, 0) is 31.2 Å². The van der Waals surface area contributed by atoms with Crippen molar-refractivity contribution >= 4 is 15.8 Å². The smallest absolute Gasteiger partial charge is 0.311 e. The number of sulfone groups is 1. The number of hydrogen-bond donors (Lipinski definition) is 0. The zero-order valence-electron chi connectivity index (χ0n) is 19.0. The highest BCUT2D eigenvalue weighted by Crippen LogP contribution is 2.30. The summed E-state index contributed by atoms with van der Waals surface area (Å²) < 4.78 is 38.4. The zero-order valence-corrected chi connectivity index (χ0v) is 19.9. The van der Waals surface area contributed by atoms with E-state index in [4.69, 9.17) is 9.47 Å². The van der Waals surface area contributed by atoms with Gasteiger partial charge in [0.15, 0.2) is 0 Å². The molecule has 0 saturated heterocycles. The van der Waals surface area contributed by atoms with Gasteiger partial charge in [-0.25, -0.2) is 13.1 Å². The SMILES string of the molecule is COC(=O)Cc1c(S(=O)(=O)c2ccc(C(C)(C)C)cc2)nnn1-c1cc(C)ccc1OC. The molecule has 0 spiro atoms. The molecule has 0 unspecified atom stereocenters. The quantitative estimate of drug-likeness (QED) is 0.523. The Morgan fingerprint density at radius 3 is 2.28 bits per heavy atom. The molecule has 0 radical (unpaired) electrons. The molecule has 0 fully saturated rings. The second-order valence-corrected chi connectivity index (χ2v) is 10.3. The molecule has 0 bridgehead atoms. The highest BCUT2D eigenvalue weighted by molar-refractivity contribution is 7.91. The van der Waals surface area contributed by atoms with E-state index < -0.39 is 15.8 Å². The summed E-state index contributed by atoms with van der Waals surface area (Å²) in [5, 5.41) is 7.74. The summed E-state index contributed by atoms with van der Waals surface area (Å²) in [6.07, 6.45) is -0.324. The summed E-state index contributed by atoms with van der Waals surface area (Å²) in [6, 6.07) is 12.0. The van der Waals surface area contributed by atoms with Crippen molar-refractivity contribution in [1.82, 2.24) is 15.0 Å². The van der Waals surface area contributed by atoms with Crippen LogP contribution in [0.25, 0.3) is 5.69 Å². The lowest BCUT2D eigenvalue weighted by atomic mass is 9.87. The van der Waals surface area contributed by atoms with Crippen LogP contribution < -0.4 is 4.74 Å². The number of nitrogens with zero attached hydrogens (tertiary/aromatic N) is 3. The third kappa shape index (κ3) is 4.52. The molecular formula is C23H27N3O5S. The van der Waals surface area contributed by atoms with Gasteiger partial charge < -0.3 is 9.47 Å². The maximum Gasteiger partial charge on any atom is 0.311 e. The van der Waals surface area contributed by atoms with Crippen molar-refractivity contribution in [2.24, 2.45) is 0 Å². The first-order valence-electron chi connectivity index (χ1n) is 10.0. The van der Waals surface area contributed by atoms with Gasteiger partial charge in [-0.2, -0.15) is 0 Å². The van der Waals surface area contributed by atoms with Gasteiger partial charge in [0, 0.05) is 0 Å². The van der Waals surface area contributed by atoms with E-state index in [1.165, 1.54) is 18.9 Å². The molecule has 9 heteroatoms. The van der Waals surface area contributed by atoms with Crippen molar-refractivity contribution in [3.63, 3.8) is 0 Å². The maximum absolute atomic E-state index is 13.5. The van der Waals surface area contributed by atoms with Gasteiger partial charge in [0.2, 0.25) is 14.9 Å². The largest absolute Gasteiger partial charge is 0.494 e. The molecule has 1 heterocycles. The van der Waals surface area contributed by atoms with Gasteiger partial charge >= 0.3 is 5.97 Å². The molecule has 0 aliphatic heterocycles. The Morgan fingerprint density at radius 2 is 1.72 bits per heavy atom. The third-order valence-corrected chi connectivity index (χ3v) is 6.83. The van der Waals surface area contributed by atoms with Crippen LogP contribution in [0, 0.1) is 6.92 Å². The van der Waals surface area contributed by atoms with Crippen LogP contribution in [-0.4, -0.2) is 43.6 Å². The van der Waals surface area contributed by atoms with Crippen LogP contribution in [0.4, 0.5) is 0 Å². The zero-order chi connectivity index (χ0) is 23.7. The third-order valence-electron chi connectivity index (χ3n) is 5.11. The van der Waals surface area contributed by atoms with E-state index in [9.17, 15) is 13.2 Å². The average molecular weight is 458 g/mol. The number of ether oxygens (including phenoxy) is 2. The molecule has 0 atom stereocenters. The van der Waals surface area contributed by atoms with E-state index in [0.717, 1.165) is 11.1 Å². The molecule has 1 aromatic heterocycles. The second-order valence-electron chi connectivity index (χ2n) is 8.46. The van der Waals surface area contributed by atoms with E-state index >= 15 is 0 Å². The molecule has 0 amide bonds. The molecule has 170 valence electrons. The topological polar surface area (TPSA) is 100 Å². The van der Waals surface area contributed by atoms with Crippen molar-refractivity contribution in [2.75, 3.05) is 14.2 Å². The minimum Gasteiger partial charge on any atom is -0.494 e. The van der Waals surface area contributed by atoms with Crippen LogP contribution >= 0.6 is 0 Å². The van der Waals surface area contributed by atoms with Gasteiger partial charge in [-0.3, -0.25) is 4.79 Å². The van der Waals surface area contributed by atoms with Gasteiger partial charge in [0.25, 0.3) is 0 Å². The Bertz CT molecular complexity index is 1240. The van der Waals surface area contributed by atoms with E-state index in [1.807, 2.05) is 33.8 Å². The first-order chi connectivity index (χ1) is 15.0. The number of aromatic nitrogens is 3. The lowest BCUT2D eigenvalue weighted by molar-refractivity contribution is -0.139. The Morgan fingerprint density at radius 1 is 1.06 bits per heavy atom. The molecular weight excluding hydrogens is 430 g/mol. The summed E-state index contributed by atoms with van der Waals surface area (Å²) >= 11 is 0. The molecule has 8 nitrogen and oxygen atoms in total. The molecule has 32 heavy (non-hydrogen) atoms. The van der Waals surface area contributed by atoms with E-state index in [1.54, 1.807) is 36.4 Å². The number of hydrogen-bond acceptors (Lipinski definition) is 7. The van der Waals surface area contributed by atoms with Gasteiger partial charge in [0.1, 0.15) is 11.4 Å². The molecule has 2 aromatic carbocycles. The average Bonchev–Trinajstić information content (AvgIpc) is 3.17. The number of benzene rings is 2. The monoisotopic (exact) mass is 457 g/mol. The number of methoxy groups -OCH3 is 2. The summed E-state index contributed by atoms with van der Waals surface area (Å²) in [4.78, 5) is 12.2. The Balaban J connectivity index is 2.19. The van der Waals surface area contributed by atoms with Gasteiger partial charge in [0.05, 0.1) is 31.2 Å². The molecule has 0 saturated carbocycles. The Hall–Kier alpha value is -3.20. The van der Waals surface area contributed by atoms with Crippen molar-refractivity contribution in [1.29, 1.82) is 0 Å². The lowest BCUT2D eigenvalue weighted by Crippen LogP contribution is -2.15. The number of aryl methyl sites for hydroxylation is 1. The molecule has 0 N–H and O–H groups in total. The fourth-order valence-electron chi connectivity index (χ4n) is 3.26. The number of rotatable bonds is 6. The molecule has 0 aliphatic rings. The number of esters is 1. The van der Waals surface area contributed by atoms with Gasteiger partial charge in [-0.05, 0) is 47.7 Å². The van der Waals surface area contributed by atoms with Crippen LogP contribution in [0.3, 0.4) is 0 Å². The number of carbonyl (C=O) groups is 1. The van der Waals surface area contributed by atoms with Crippen molar-refractivity contribution in [3.05, 3.63) is 59.3 Å². The molecule has 3 rings (SSSR count). The standard InChI is InChI=1S/C23H27N3O5S/c1-15-7-12-20(30-5)18(13-15)26-19(14-21(27)31-6)22(24-25-26)32(28,29)17-10-8-16(9-11-17)23(2,3)4/h7-13H,14H2,1-6H3. The second kappa shape index (κ2) is 8.74. The fraction of sp³-hybridized carbons (Fsp3) is 0.348.